The van der Waals surface area contributed by atoms with Gasteiger partial charge in [0.2, 0.25) is 0 Å². The minimum absolute atomic E-state index is 0.0253. The number of amides is 2. The third-order valence-corrected chi connectivity index (χ3v) is 4.08. The van der Waals surface area contributed by atoms with E-state index in [1.165, 1.54) is 0 Å². The third kappa shape index (κ3) is 4.99. The molecule has 0 spiro atoms. The van der Waals surface area contributed by atoms with Crippen LogP contribution in [0.5, 0.6) is 0 Å². The van der Waals surface area contributed by atoms with E-state index < -0.39 is 0 Å². The lowest BCUT2D eigenvalue weighted by molar-refractivity contribution is -0.000333. The largest absolute Gasteiger partial charge is 0.370 e. The van der Waals surface area contributed by atoms with Gasteiger partial charge in [-0.2, -0.15) is 0 Å². The minimum atomic E-state index is -0.158. The molecule has 0 unspecified atom stereocenters. The van der Waals surface area contributed by atoms with Crippen LogP contribution in [0.1, 0.15) is 31.9 Å². The fourth-order valence-corrected chi connectivity index (χ4v) is 2.83. The molecule has 8 heteroatoms. The zero-order valence-electron chi connectivity index (χ0n) is 14.5. The molecule has 2 aromatic heterocycles. The van der Waals surface area contributed by atoms with E-state index in [9.17, 15) is 4.79 Å². The lowest BCUT2D eigenvalue weighted by Crippen LogP contribution is -2.45. The molecule has 2 amide bonds. The van der Waals surface area contributed by atoms with Crippen LogP contribution in [0.25, 0.3) is 0 Å². The lowest BCUT2D eigenvalue weighted by atomic mass is 10.1. The van der Waals surface area contributed by atoms with Crippen LogP contribution in [0, 0.1) is 0 Å². The number of aromatic nitrogens is 4. The van der Waals surface area contributed by atoms with Crippen LogP contribution in [0.2, 0.25) is 0 Å². The zero-order chi connectivity index (χ0) is 17.5. The number of nitrogens with one attached hydrogen (secondary N) is 1. The van der Waals surface area contributed by atoms with Crippen molar-refractivity contribution in [2.75, 3.05) is 18.4 Å². The number of likely N-dealkylation sites (tertiary alicyclic amines) is 1. The van der Waals surface area contributed by atoms with E-state index in [1.54, 1.807) is 22.0 Å². The van der Waals surface area contributed by atoms with Gasteiger partial charge in [0.05, 0.1) is 24.6 Å². The minimum Gasteiger partial charge on any atom is -0.370 e. The Labute approximate surface area is 147 Å². The normalized spacial score (nSPS) is 17.5. The first kappa shape index (κ1) is 17.3. The van der Waals surface area contributed by atoms with Crippen molar-refractivity contribution in [2.24, 2.45) is 0 Å². The molecule has 8 nitrogen and oxygen atoms in total. The Kier molecular flexibility index (Phi) is 5.95. The summed E-state index contributed by atoms with van der Waals surface area (Å²) < 4.78 is 7.65. The maximum Gasteiger partial charge on any atom is 0.323 e. The lowest BCUT2D eigenvalue weighted by Gasteiger charge is -2.32. The van der Waals surface area contributed by atoms with E-state index in [0.29, 0.717) is 19.0 Å². The Balaban J connectivity index is 1.49. The zero-order valence-corrected chi connectivity index (χ0v) is 14.5. The number of ether oxygens (including phenoxy) is 1. The number of anilines is 1. The molecule has 0 bridgehead atoms. The number of carbonyl (C=O) groups excluding carboxylic acids is 1. The molecule has 1 saturated heterocycles. The summed E-state index contributed by atoms with van der Waals surface area (Å²) in [4.78, 5) is 18.4. The Bertz CT molecular complexity index is 675. The fourth-order valence-electron chi connectivity index (χ4n) is 2.83. The highest BCUT2D eigenvalue weighted by Gasteiger charge is 2.24. The van der Waals surface area contributed by atoms with Crippen molar-refractivity contribution in [1.29, 1.82) is 0 Å². The summed E-state index contributed by atoms with van der Waals surface area (Å²) in [6.45, 7) is 4.61. The molecule has 134 valence electrons. The molecule has 2 aromatic rings. The summed E-state index contributed by atoms with van der Waals surface area (Å²) in [5.74, 6) is 0.481. The van der Waals surface area contributed by atoms with Gasteiger partial charge in [-0.3, -0.25) is 15.0 Å². The van der Waals surface area contributed by atoms with E-state index in [0.717, 1.165) is 38.0 Å². The average Bonchev–Trinajstić information content (AvgIpc) is 3.08. The highest BCUT2D eigenvalue weighted by Crippen LogP contribution is 2.16. The third-order valence-electron chi connectivity index (χ3n) is 4.08. The molecule has 1 atom stereocenters. The SMILES string of the molecule is CCCn1cc(NC(=O)N2CCC[C@@H](OCc3ccccn3)C2)nn1. The molecule has 1 fully saturated rings. The van der Waals surface area contributed by atoms with Gasteiger partial charge in [-0.05, 0) is 31.4 Å². The molecule has 0 aliphatic carbocycles. The Morgan fingerprint density at radius 3 is 3.16 bits per heavy atom. The van der Waals surface area contributed by atoms with Crippen LogP contribution in [0.4, 0.5) is 10.6 Å². The number of hydrogen-bond donors (Lipinski definition) is 1. The number of pyridine rings is 1. The standard InChI is InChI=1S/C17H24N6O2/c1-2-9-23-12-16(20-21-23)19-17(24)22-10-5-7-15(11-22)25-13-14-6-3-4-8-18-14/h3-4,6,8,12,15H,2,5,7,9-11,13H2,1H3,(H,19,24)/t15-/m1/s1. The molecule has 0 radical (unpaired) electrons. The summed E-state index contributed by atoms with van der Waals surface area (Å²) in [6, 6.07) is 5.60. The first-order chi connectivity index (χ1) is 12.2. The van der Waals surface area contributed by atoms with Gasteiger partial charge < -0.3 is 9.64 Å². The van der Waals surface area contributed by atoms with Crippen molar-refractivity contribution in [1.82, 2.24) is 24.9 Å². The molecular formula is C17H24N6O2. The number of urea groups is 1. The van der Waals surface area contributed by atoms with Crippen LogP contribution < -0.4 is 5.32 Å². The molecule has 1 aliphatic heterocycles. The van der Waals surface area contributed by atoms with Crippen molar-refractivity contribution in [3.8, 4) is 0 Å². The van der Waals surface area contributed by atoms with E-state index in [4.69, 9.17) is 4.74 Å². The van der Waals surface area contributed by atoms with Gasteiger partial charge in [0.25, 0.3) is 0 Å². The number of hydrogen-bond acceptors (Lipinski definition) is 5. The van der Waals surface area contributed by atoms with E-state index in [1.807, 2.05) is 18.2 Å². The van der Waals surface area contributed by atoms with Gasteiger partial charge in [-0.1, -0.05) is 18.2 Å². The van der Waals surface area contributed by atoms with Crippen LogP contribution in [-0.2, 0) is 17.9 Å². The maximum absolute atomic E-state index is 12.4. The van der Waals surface area contributed by atoms with Gasteiger partial charge in [-0.25, -0.2) is 4.79 Å². The molecule has 0 aromatic carbocycles. The predicted octanol–water partition coefficient (Wildman–Crippen LogP) is 2.30. The molecule has 3 rings (SSSR count). The van der Waals surface area contributed by atoms with Crippen LogP contribution in [0.3, 0.4) is 0 Å². The van der Waals surface area contributed by atoms with E-state index in [2.05, 4.69) is 27.5 Å². The van der Waals surface area contributed by atoms with Gasteiger partial charge in [0.15, 0.2) is 5.82 Å². The first-order valence-corrected chi connectivity index (χ1v) is 8.72. The van der Waals surface area contributed by atoms with Gasteiger partial charge >= 0.3 is 6.03 Å². The quantitative estimate of drug-likeness (QED) is 0.869. The highest BCUT2D eigenvalue weighted by molar-refractivity contribution is 5.88. The molecule has 1 aliphatic rings. The Hall–Kier alpha value is -2.48. The number of aryl methyl sites for hydroxylation is 1. The fraction of sp³-hybridized carbons (Fsp3) is 0.529. The van der Waals surface area contributed by atoms with Gasteiger partial charge in [0, 0.05) is 25.8 Å². The van der Waals surface area contributed by atoms with Crippen molar-refractivity contribution < 1.29 is 9.53 Å². The summed E-state index contributed by atoms with van der Waals surface area (Å²) in [7, 11) is 0. The summed E-state index contributed by atoms with van der Waals surface area (Å²) >= 11 is 0. The molecule has 3 heterocycles. The van der Waals surface area contributed by atoms with Crippen molar-refractivity contribution in [3.05, 3.63) is 36.3 Å². The second kappa shape index (κ2) is 8.57. The second-order valence-corrected chi connectivity index (χ2v) is 6.14. The molecular weight excluding hydrogens is 320 g/mol. The molecule has 25 heavy (non-hydrogen) atoms. The maximum atomic E-state index is 12.4. The summed E-state index contributed by atoms with van der Waals surface area (Å²) in [5, 5.41) is 10.8. The predicted molar refractivity (Wildman–Crippen MR) is 93.0 cm³/mol. The first-order valence-electron chi connectivity index (χ1n) is 8.72. The van der Waals surface area contributed by atoms with E-state index in [-0.39, 0.29) is 12.1 Å². The Morgan fingerprint density at radius 2 is 2.36 bits per heavy atom. The monoisotopic (exact) mass is 344 g/mol. The smallest absolute Gasteiger partial charge is 0.323 e. The average molecular weight is 344 g/mol. The molecule has 0 saturated carbocycles. The Morgan fingerprint density at radius 1 is 1.44 bits per heavy atom. The van der Waals surface area contributed by atoms with Crippen LogP contribution in [0.15, 0.2) is 30.6 Å². The number of rotatable bonds is 6. The topological polar surface area (TPSA) is 85.2 Å². The number of carbonyl (C=O) groups is 1. The van der Waals surface area contributed by atoms with E-state index >= 15 is 0 Å². The molecule has 1 N–H and O–H groups in total. The van der Waals surface area contributed by atoms with Crippen molar-refractivity contribution >= 4 is 11.8 Å². The van der Waals surface area contributed by atoms with Crippen molar-refractivity contribution in [2.45, 2.75) is 45.4 Å². The van der Waals surface area contributed by atoms with Crippen molar-refractivity contribution in [3.63, 3.8) is 0 Å². The summed E-state index contributed by atoms with van der Waals surface area (Å²) in [5.41, 5.74) is 0.900. The second-order valence-electron chi connectivity index (χ2n) is 6.14. The van der Waals surface area contributed by atoms with Crippen LogP contribution in [-0.4, -0.2) is 50.1 Å². The van der Waals surface area contributed by atoms with Gasteiger partial charge in [0.1, 0.15) is 0 Å². The van der Waals surface area contributed by atoms with Gasteiger partial charge in [-0.15, -0.1) is 5.10 Å². The number of piperidine rings is 1. The highest BCUT2D eigenvalue weighted by atomic mass is 16.5. The summed E-state index contributed by atoms with van der Waals surface area (Å²) in [6.07, 6.45) is 6.37. The number of nitrogens with zero attached hydrogens (tertiary/aromatic N) is 5. The van der Waals surface area contributed by atoms with Crippen LogP contribution >= 0.6 is 0 Å².